The first-order chi connectivity index (χ1) is 18.9. The predicted molar refractivity (Wildman–Crippen MR) is 153 cm³/mol. The van der Waals surface area contributed by atoms with Crippen molar-refractivity contribution in [2.45, 2.75) is 28.6 Å². The van der Waals surface area contributed by atoms with E-state index in [2.05, 4.69) is 5.32 Å². The first kappa shape index (κ1) is 29.5. The minimum absolute atomic E-state index is 0.178. The summed E-state index contributed by atoms with van der Waals surface area (Å²) in [5, 5.41) is 2.11. The second-order valence-corrected chi connectivity index (χ2v) is 12.1. The van der Waals surface area contributed by atoms with Crippen LogP contribution in [-0.2, 0) is 26.7 Å². The van der Waals surface area contributed by atoms with Gasteiger partial charge >= 0.3 is 6.18 Å². The quantitative estimate of drug-likeness (QED) is 0.198. The van der Waals surface area contributed by atoms with Crippen molar-refractivity contribution in [3.63, 3.8) is 0 Å². The van der Waals surface area contributed by atoms with E-state index in [0.717, 1.165) is 28.2 Å². The average Bonchev–Trinajstić information content (AvgIpc) is 2.93. The van der Waals surface area contributed by atoms with E-state index >= 15 is 0 Å². The van der Waals surface area contributed by atoms with Crippen molar-refractivity contribution in [1.29, 1.82) is 0 Å². The maximum absolute atomic E-state index is 13.6. The molecule has 0 aliphatic carbocycles. The summed E-state index contributed by atoms with van der Waals surface area (Å²) in [7, 11) is -4.41. The summed E-state index contributed by atoms with van der Waals surface area (Å²) in [5.41, 5.74) is 0.685. The fraction of sp³-hybridized carbons (Fsp3) is 0.138. The third kappa shape index (κ3) is 7.18. The zero-order valence-corrected chi connectivity index (χ0v) is 23.5. The molecule has 0 spiro atoms. The van der Waals surface area contributed by atoms with Crippen LogP contribution in [0.1, 0.15) is 16.7 Å². The molecule has 0 fully saturated rings. The highest BCUT2D eigenvalue weighted by Crippen LogP contribution is 2.38. The van der Waals surface area contributed by atoms with Gasteiger partial charge in [-0.3, -0.25) is 9.10 Å². The van der Waals surface area contributed by atoms with Crippen LogP contribution in [0.15, 0.2) is 107 Å². The molecule has 5 nitrogen and oxygen atoms in total. The number of carbonyl (C=O) groups excluding carboxylic acids is 1. The molecule has 0 aliphatic heterocycles. The largest absolute Gasteiger partial charge is 0.417 e. The van der Waals surface area contributed by atoms with Crippen molar-refractivity contribution in [3.05, 3.63) is 119 Å². The molecule has 0 heterocycles. The van der Waals surface area contributed by atoms with Crippen LogP contribution in [0.25, 0.3) is 0 Å². The number of halogens is 4. The Bertz CT molecular complexity index is 1600. The Morgan fingerprint density at radius 2 is 1.57 bits per heavy atom. The Morgan fingerprint density at radius 3 is 2.20 bits per heavy atom. The number of thioether (sulfide) groups is 1. The Balaban J connectivity index is 1.58. The zero-order chi connectivity index (χ0) is 28.9. The van der Waals surface area contributed by atoms with E-state index in [4.69, 9.17) is 11.6 Å². The fourth-order valence-electron chi connectivity index (χ4n) is 3.88. The van der Waals surface area contributed by atoms with Gasteiger partial charge in [-0.25, -0.2) is 8.42 Å². The zero-order valence-electron chi connectivity index (χ0n) is 21.2. The number of nitrogens with zero attached hydrogens (tertiary/aromatic N) is 1. The third-order valence-corrected chi connectivity index (χ3v) is 9.08. The monoisotopic (exact) mass is 604 g/mol. The summed E-state index contributed by atoms with van der Waals surface area (Å²) in [6.45, 7) is 1.04. The van der Waals surface area contributed by atoms with Crippen LogP contribution >= 0.6 is 23.4 Å². The van der Waals surface area contributed by atoms with Crippen LogP contribution in [0.4, 0.5) is 24.5 Å². The number of anilines is 2. The number of sulfonamides is 1. The fourth-order valence-corrected chi connectivity index (χ4v) is 6.40. The van der Waals surface area contributed by atoms with Gasteiger partial charge in [-0.2, -0.15) is 13.2 Å². The van der Waals surface area contributed by atoms with Gasteiger partial charge < -0.3 is 5.32 Å². The molecule has 0 saturated carbocycles. The molecule has 0 aromatic heterocycles. The van der Waals surface area contributed by atoms with Crippen LogP contribution in [0.5, 0.6) is 0 Å². The maximum Gasteiger partial charge on any atom is 0.417 e. The van der Waals surface area contributed by atoms with Crippen molar-refractivity contribution >= 4 is 50.7 Å². The second-order valence-electron chi connectivity index (χ2n) is 8.79. The number of amides is 1. The van der Waals surface area contributed by atoms with Crippen molar-refractivity contribution in [2.75, 3.05) is 16.2 Å². The van der Waals surface area contributed by atoms with Gasteiger partial charge in [0.15, 0.2) is 0 Å². The van der Waals surface area contributed by atoms with E-state index in [0.29, 0.717) is 21.8 Å². The summed E-state index contributed by atoms with van der Waals surface area (Å²) < 4.78 is 68.3. The molecule has 1 N–H and O–H groups in total. The molecule has 11 heteroatoms. The lowest BCUT2D eigenvalue weighted by Gasteiger charge is -2.25. The molecule has 208 valence electrons. The summed E-state index contributed by atoms with van der Waals surface area (Å²) in [6.07, 6.45) is -4.82. The molecule has 0 atom stereocenters. The summed E-state index contributed by atoms with van der Waals surface area (Å²) in [5.74, 6) is -0.0159. The minimum atomic E-state index is -4.82. The topological polar surface area (TPSA) is 66.5 Å². The first-order valence-corrected chi connectivity index (χ1v) is 14.8. The summed E-state index contributed by atoms with van der Waals surface area (Å²) >= 11 is 7.41. The lowest BCUT2D eigenvalue weighted by molar-refractivity contribution is -0.137. The van der Waals surface area contributed by atoms with Crippen LogP contribution in [-0.4, -0.2) is 20.9 Å². The molecule has 4 aromatic carbocycles. The van der Waals surface area contributed by atoms with E-state index in [-0.39, 0.29) is 10.6 Å². The van der Waals surface area contributed by atoms with Crippen LogP contribution in [0.2, 0.25) is 5.02 Å². The van der Waals surface area contributed by atoms with Gasteiger partial charge in [0, 0.05) is 16.3 Å². The molecule has 0 saturated heterocycles. The van der Waals surface area contributed by atoms with Crippen molar-refractivity contribution in [3.8, 4) is 0 Å². The Kier molecular flexibility index (Phi) is 9.12. The number of rotatable bonds is 9. The van der Waals surface area contributed by atoms with Gasteiger partial charge in [-0.05, 0) is 66.6 Å². The molecule has 0 radical (unpaired) electrons. The van der Waals surface area contributed by atoms with E-state index in [1.54, 1.807) is 30.8 Å². The Morgan fingerprint density at radius 1 is 0.925 bits per heavy atom. The molecular weight excluding hydrogens is 581 g/mol. The van der Waals surface area contributed by atoms with E-state index in [1.165, 1.54) is 24.3 Å². The maximum atomic E-state index is 13.6. The first-order valence-electron chi connectivity index (χ1n) is 12.0. The molecule has 40 heavy (non-hydrogen) atoms. The van der Waals surface area contributed by atoms with E-state index < -0.39 is 39.2 Å². The second kappa shape index (κ2) is 12.4. The van der Waals surface area contributed by atoms with Gasteiger partial charge in [0.25, 0.3) is 10.0 Å². The molecule has 0 unspecified atom stereocenters. The van der Waals surface area contributed by atoms with Gasteiger partial charge in [0.2, 0.25) is 5.91 Å². The lowest BCUT2D eigenvalue weighted by atomic mass is 10.1. The Labute approximate surface area is 240 Å². The molecule has 0 aliphatic rings. The van der Waals surface area contributed by atoms with E-state index in [1.807, 2.05) is 42.5 Å². The normalized spacial score (nSPS) is 11.7. The Hall–Kier alpha value is -3.47. The van der Waals surface area contributed by atoms with Crippen molar-refractivity contribution in [2.24, 2.45) is 0 Å². The van der Waals surface area contributed by atoms with Crippen molar-refractivity contribution in [1.82, 2.24) is 0 Å². The number of hydrogen-bond donors (Lipinski definition) is 1. The standard InChI is InChI=1S/C29H24ClF3N2O3S2/c1-20-16-21(19-39-23-8-4-2-5-9-23)12-15-27(20)34-28(36)18-35(40(37,38)24-10-6-3-7-11-24)22-13-14-26(30)25(17-22)29(31,32)33/h2-17H,18-19H2,1H3,(H,34,36). The van der Waals surface area contributed by atoms with Gasteiger partial charge in [-0.15, -0.1) is 11.8 Å². The molecule has 4 aromatic rings. The highest BCUT2D eigenvalue weighted by molar-refractivity contribution is 7.98. The molecule has 4 rings (SSSR count). The van der Waals surface area contributed by atoms with E-state index in [9.17, 15) is 26.4 Å². The van der Waals surface area contributed by atoms with Crippen molar-refractivity contribution < 1.29 is 26.4 Å². The molecule has 0 bridgehead atoms. The van der Waals surface area contributed by atoms with Crippen LogP contribution < -0.4 is 9.62 Å². The number of carbonyl (C=O) groups is 1. The number of hydrogen-bond acceptors (Lipinski definition) is 4. The van der Waals surface area contributed by atoms with Gasteiger partial charge in [0.05, 0.1) is 21.2 Å². The average molecular weight is 605 g/mol. The molecule has 1 amide bonds. The number of aryl methyl sites for hydroxylation is 1. The highest BCUT2D eigenvalue weighted by atomic mass is 35.5. The number of alkyl halides is 3. The smallest absolute Gasteiger partial charge is 0.324 e. The minimum Gasteiger partial charge on any atom is -0.324 e. The predicted octanol–water partition coefficient (Wildman–Crippen LogP) is 7.79. The van der Waals surface area contributed by atoms with Crippen LogP contribution in [0.3, 0.4) is 0 Å². The lowest BCUT2D eigenvalue weighted by Crippen LogP contribution is -2.38. The van der Waals surface area contributed by atoms with Gasteiger partial charge in [-0.1, -0.05) is 60.1 Å². The third-order valence-electron chi connectivity index (χ3n) is 5.88. The number of benzene rings is 4. The van der Waals surface area contributed by atoms with Gasteiger partial charge in [0.1, 0.15) is 6.54 Å². The molecular formula is C29H24ClF3N2O3S2. The number of nitrogens with one attached hydrogen (secondary N) is 1. The van der Waals surface area contributed by atoms with Crippen LogP contribution in [0, 0.1) is 6.92 Å². The highest BCUT2D eigenvalue weighted by Gasteiger charge is 2.35. The SMILES string of the molecule is Cc1cc(CSc2ccccc2)ccc1NC(=O)CN(c1ccc(Cl)c(C(F)(F)F)c1)S(=O)(=O)c1ccccc1. The summed E-state index contributed by atoms with van der Waals surface area (Å²) in [4.78, 5) is 14.0. The summed E-state index contributed by atoms with van der Waals surface area (Å²) in [6, 6.07) is 25.3.